The quantitative estimate of drug-likeness (QED) is 0.929. The van der Waals surface area contributed by atoms with E-state index in [4.69, 9.17) is 0 Å². The van der Waals surface area contributed by atoms with Crippen molar-refractivity contribution in [3.63, 3.8) is 0 Å². The van der Waals surface area contributed by atoms with E-state index in [1.54, 1.807) is 11.3 Å². The summed E-state index contributed by atoms with van der Waals surface area (Å²) in [6, 6.07) is 0.537. The Balaban J connectivity index is 1.54. The van der Waals surface area contributed by atoms with Gasteiger partial charge < -0.3 is 10.2 Å². The van der Waals surface area contributed by atoms with Crippen LogP contribution >= 0.6 is 11.3 Å². The zero-order chi connectivity index (χ0) is 15.7. The molecule has 1 aliphatic carbocycles. The van der Waals surface area contributed by atoms with Crippen molar-refractivity contribution in [2.24, 2.45) is 5.92 Å². The number of aromatic nitrogens is 2. The third kappa shape index (κ3) is 3.26. The Labute approximate surface area is 136 Å². The van der Waals surface area contributed by atoms with Crippen molar-refractivity contribution in [2.75, 3.05) is 6.54 Å². The molecule has 0 aromatic carbocycles. The zero-order valence-corrected chi connectivity index (χ0v) is 14.6. The van der Waals surface area contributed by atoms with Gasteiger partial charge in [0, 0.05) is 18.0 Å². The fourth-order valence-corrected chi connectivity index (χ4v) is 4.08. The topological polar surface area (TPSA) is 58.1 Å². The first-order valence-corrected chi connectivity index (χ1v) is 9.14. The Bertz CT molecular complexity index is 532. The second-order valence-corrected chi connectivity index (χ2v) is 8.57. The molecule has 0 bridgehead atoms. The normalized spacial score (nSPS) is 22.7. The number of hydrogen-bond donors (Lipinski definition) is 1. The fraction of sp³-hybridized carbons (Fsp3) is 0.812. The van der Waals surface area contributed by atoms with Gasteiger partial charge >= 0.3 is 6.03 Å². The number of likely N-dealkylation sites (tertiary alicyclic amines) is 1. The lowest BCUT2D eigenvalue weighted by Gasteiger charge is -2.36. The lowest BCUT2D eigenvalue weighted by molar-refractivity contribution is 0.139. The van der Waals surface area contributed by atoms with Gasteiger partial charge in [-0.2, -0.15) is 0 Å². The molecule has 2 amide bonds. The smallest absolute Gasteiger partial charge is 0.318 e. The van der Waals surface area contributed by atoms with Gasteiger partial charge in [0.1, 0.15) is 10.0 Å². The van der Waals surface area contributed by atoms with Crippen LogP contribution in [0.1, 0.15) is 62.9 Å². The number of carbonyl (C=O) groups excluding carboxylic acids is 1. The van der Waals surface area contributed by atoms with Crippen molar-refractivity contribution in [2.45, 2.75) is 70.9 Å². The van der Waals surface area contributed by atoms with E-state index < -0.39 is 0 Å². The molecule has 1 N–H and O–H groups in total. The molecule has 22 heavy (non-hydrogen) atoms. The molecule has 3 rings (SSSR count). The first kappa shape index (κ1) is 15.7. The summed E-state index contributed by atoms with van der Waals surface area (Å²) < 4.78 is 0. The monoisotopic (exact) mass is 322 g/mol. The maximum Gasteiger partial charge on any atom is 0.318 e. The van der Waals surface area contributed by atoms with Crippen LogP contribution in [0.2, 0.25) is 0 Å². The van der Waals surface area contributed by atoms with Gasteiger partial charge in [0.05, 0.1) is 6.54 Å². The average molecular weight is 322 g/mol. The minimum Gasteiger partial charge on any atom is -0.331 e. The summed E-state index contributed by atoms with van der Waals surface area (Å²) in [5, 5.41) is 13.4. The molecule has 122 valence electrons. The highest BCUT2D eigenvalue weighted by Crippen LogP contribution is 2.37. The standard InChI is InChI=1S/C16H26N4OS/c1-16(2,3)14-19-18-13(22-14)10-17-15(21)20-9-5-8-12(20)11-6-4-7-11/h11-12H,4-10H2,1-3H3,(H,17,21). The Kier molecular flexibility index (Phi) is 4.39. The maximum atomic E-state index is 12.4. The molecule has 1 aliphatic heterocycles. The van der Waals surface area contributed by atoms with E-state index in [-0.39, 0.29) is 11.4 Å². The van der Waals surface area contributed by atoms with Gasteiger partial charge in [-0.15, -0.1) is 10.2 Å². The molecule has 1 unspecified atom stereocenters. The van der Waals surface area contributed by atoms with E-state index in [2.05, 4.69) is 41.2 Å². The van der Waals surface area contributed by atoms with Crippen molar-refractivity contribution < 1.29 is 4.79 Å². The van der Waals surface area contributed by atoms with Crippen LogP contribution in [0.15, 0.2) is 0 Å². The van der Waals surface area contributed by atoms with Crippen LogP contribution in [-0.4, -0.2) is 33.7 Å². The summed E-state index contributed by atoms with van der Waals surface area (Å²) >= 11 is 1.59. The second kappa shape index (κ2) is 6.14. The van der Waals surface area contributed by atoms with Crippen molar-refractivity contribution >= 4 is 17.4 Å². The van der Waals surface area contributed by atoms with E-state index in [1.807, 2.05) is 0 Å². The average Bonchev–Trinajstić information content (AvgIpc) is 3.02. The Morgan fingerprint density at radius 3 is 2.64 bits per heavy atom. The zero-order valence-electron chi connectivity index (χ0n) is 13.8. The second-order valence-electron chi connectivity index (χ2n) is 7.50. The number of nitrogens with zero attached hydrogens (tertiary/aromatic N) is 3. The van der Waals surface area contributed by atoms with Gasteiger partial charge in [-0.1, -0.05) is 38.5 Å². The van der Waals surface area contributed by atoms with Gasteiger partial charge in [-0.25, -0.2) is 4.79 Å². The molecule has 1 aromatic heterocycles. The number of carbonyl (C=O) groups is 1. The number of urea groups is 1. The van der Waals surface area contributed by atoms with Crippen LogP contribution in [-0.2, 0) is 12.0 Å². The maximum absolute atomic E-state index is 12.4. The van der Waals surface area contributed by atoms with Gasteiger partial charge in [0.2, 0.25) is 0 Å². The van der Waals surface area contributed by atoms with Crippen LogP contribution in [0.25, 0.3) is 0 Å². The molecule has 1 saturated heterocycles. The first-order valence-electron chi connectivity index (χ1n) is 8.32. The van der Waals surface area contributed by atoms with Crippen molar-refractivity contribution in [3.05, 3.63) is 10.0 Å². The van der Waals surface area contributed by atoms with Crippen LogP contribution in [0.3, 0.4) is 0 Å². The van der Waals surface area contributed by atoms with E-state index >= 15 is 0 Å². The summed E-state index contributed by atoms with van der Waals surface area (Å²) in [6.07, 6.45) is 6.23. The molecule has 0 radical (unpaired) electrons. The van der Waals surface area contributed by atoms with Gasteiger partial charge in [0.25, 0.3) is 0 Å². The highest BCUT2D eigenvalue weighted by Gasteiger charge is 2.37. The molecule has 2 aliphatic rings. The number of hydrogen-bond acceptors (Lipinski definition) is 4. The molecular weight excluding hydrogens is 296 g/mol. The molecule has 0 spiro atoms. The van der Waals surface area contributed by atoms with Gasteiger partial charge in [-0.3, -0.25) is 0 Å². The predicted octanol–water partition coefficient (Wildman–Crippen LogP) is 3.31. The molecule has 2 fully saturated rings. The summed E-state index contributed by atoms with van der Waals surface area (Å²) in [5.74, 6) is 0.738. The van der Waals surface area contributed by atoms with Crippen molar-refractivity contribution in [1.29, 1.82) is 0 Å². The van der Waals surface area contributed by atoms with Crippen LogP contribution in [0.4, 0.5) is 4.79 Å². The van der Waals surface area contributed by atoms with Crippen molar-refractivity contribution in [1.82, 2.24) is 20.4 Å². The first-order chi connectivity index (χ1) is 10.4. The largest absolute Gasteiger partial charge is 0.331 e. The van der Waals surface area contributed by atoms with Crippen molar-refractivity contribution in [3.8, 4) is 0 Å². The van der Waals surface area contributed by atoms with E-state index in [1.165, 1.54) is 25.7 Å². The molecule has 5 nitrogen and oxygen atoms in total. The van der Waals surface area contributed by atoms with Gasteiger partial charge in [0.15, 0.2) is 0 Å². The number of amides is 2. The molecule has 1 saturated carbocycles. The lowest BCUT2D eigenvalue weighted by Crippen LogP contribution is -2.46. The molecule has 2 heterocycles. The van der Waals surface area contributed by atoms with Crippen LogP contribution < -0.4 is 5.32 Å². The molecular formula is C16H26N4OS. The SMILES string of the molecule is CC(C)(C)c1nnc(CNC(=O)N2CCCC2C2CCC2)s1. The Morgan fingerprint density at radius 1 is 1.27 bits per heavy atom. The number of nitrogens with one attached hydrogen (secondary N) is 1. The summed E-state index contributed by atoms with van der Waals surface area (Å²) in [7, 11) is 0. The molecule has 1 aromatic rings. The van der Waals surface area contributed by atoms with Gasteiger partial charge in [-0.05, 0) is 31.6 Å². The third-order valence-electron chi connectivity index (χ3n) is 4.75. The minimum atomic E-state index is 0.0181. The number of rotatable bonds is 3. The van der Waals surface area contributed by atoms with Crippen LogP contribution in [0.5, 0.6) is 0 Å². The highest BCUT2D eigenvalue weighted by atomic mass is 32.1. The third-order valence-corrected chi connectivity index (χ3v) is 6.10. The fourth-order valence-electron chi connectivity index (χ4n) is 3.24. The van der Waals surface area contributed by atoms with Crippen LogP contribution in [0, 0.1) is 5.92 Å². The summed E-state index contributed by atoms with van der Waals surface area (Å²) in [4.78, 5) is 14.5. The molecule has 1 atom stereocenters. The van der Waals surface area contributed by atoms with E-state index in [9.17, 15) is 4.79 Å². The molecule has 6 heteroatoms. The Hall–Kier alpha value is -1.17. The van der Waals surface area contributed by atoms with E-state index in [0.717, 1.165) is 28.9 Å². The summed E-state index contributed by atoms with van der Waals surface area (Å²) in [6.45, 7) is 7.77. The predicted molar refractivity (Wildman–Crippen MR) is 87.9 cm³/mol. The lowest BCUT2D eigenvalue weighted by atomic mass is 9.79. The minimum absolute atomic E-state index is 0.0181. The Morgan fingerprint density at radius 2 is 2.05 bits per heavy atom. The summed E-state index contributed by atoms with van der Waals surface area (Å²) in [5.41, 5.74) is 0.0181. The van der Waals surface area contributed by atoms with E-state index in [0.29, 0.717) is 12.6 Å². The highest BCUT2D eigenvalue weighted by molar-refractivity contribution is 7.11.